The van der Waals surface area contributed by atoms with Gasteiger partial charge in [-0.15, -0.1) is 0 Å². The molecule has 1 aromatic carbocycles. The van der Waals surface area contributed by atoms with Crippen LogP contribution in [0.3, 0.4) is 0 Å². The van der Waals surface area contributed by atoms with Gasteiger partial charge in [0.25, 0.3) is 0 Å². The van der Waals surface area contributed by atoms with Crippen molar-refractivity contribution < 1.29 is 27.9 Å². The zero-order valence-corrected chi connectivity index (χ0v) is 18.5. The van der Waals surface area contributed by atoms with Crippen LogP contribution in [-0.2, 0) is 14.3 Å². The molecule has 4 rings (SSSR count). The molecular weight excluding hydrogens is 509 g/mol. The van der Waals surface area contributed by atoms with Gasteiger partial charge < -0.3 is 20.3 Å². The Balaban J connectivity index is 1.41. The van der Waals surface area contributed by atoms with Gasteiger partial charge in [0.05, 0.1) is 23.4 Å². The summed E-state index contributed by atoms with van der Waals surface area (Å²) >= 11 is 3.07. The Bertz CT molecular complexity index is 1220. The van der Waals surface area contributed by atoms with Crippen LogP contribution in [0.15, 0.2) is 36.6 Å². The molecule has 2 N–H and O–H groups in total. The van der Waals surface area contributed by atoms with Crippen LogP contribution in [0.2, 0.25) is 0 Å². The Labute approximate surface area is 192 Å². The van der Waals surface area contributed by atoms with Gasteiger partial charge in [0.1, 0.15) is 5.82 Å². The molecule has 0 atom stereocenters. The lowest BCUT2D eigenvalue weighted by Crippen LogP contribution is -2.48. The first-order chi connectivity index (χ1) is 16.0. The Morgan fingerprint density at radius 1 is 1.15 bits per heavy atom. The van der Waals surface area contributed by atoms with Gasteiger partial charge in [-0.05, 0) is 44.4 Å². The van der Waals surface area contributed by atoms with Crippen molar-refractivity contribution in [3.05, 3.63) is 39.0 Å². The highest BCUT2D eigenvalue weighted by Crippen LogP contribution is 2.26. The number of carbonyl (C=O) groups excluding carboxylic acids is 2. The Morgan fingerprint density at radius 2 is 1.94 bits per heavy atom. The molecule has 0 spiro atoms. The molecule has 13 nitrogen and oxygen atoms in total. The van der Waals surface area contributed by atoms with E-state index in [4.69, 9.17) is 13.9 Å². The number of aromatic nitrogens is 4. The third-order valence-electron chi connectivity index (χ3n) is 4.66. The highest BCUT2D eigenvalue weighted by Gasteiger charge is 2.24. The molecule has 1 fully saturated rings. The second kappa shape index (κ2) is 9.91. The number of amides is 2. The van der Waals surface area contributed by atoms with E-state index in [0.717, 1.165) is 4.57 Å². The van der Waals surface area contributed by atoms with E-state index in [1.54, 1.807) is 0 Å². The molecule has 0 bridgehead atoms. The van der Waals surface area contributed by atoms with Crippen molar-refractivity contribution in [2.75, 3.05) is 44.7 Å². The van der Waals surface area contributed by atoms with Crippen LogP contribution in [0.25, 0.3) is 17.2 Å². The molecular formula is C18H17BrFN7O6. The summed E-state index contributed by atoms with van der Waals surface area (Å²) in [5, 5.41) is 16.6. The van der Waals surface area contributed by atoms with E-state index in [-0.39, 0.29) is 40.6 Å². The van der Waals surface area contributed by atoms with Gasteiger partial charge in [-0.25, -0.2) is 18.4 Å². The maximum absolute atomic E-state index is 13.6. The van der Waals surface area contributed by atoms with E-state index in [9.17, 15) is 18.8 Å². The maximum Gasteiger partial charge on any atom is 0.446 e. The fourth-order valence-electron chi connectivity index (χ4n) is 3.05. The van der Waals surface area contributed by atoms with Crippen molar-refractivity contribution in [3.63, 3.8) is 0 Å². The fraction of sp³-hybridized carbons (Fsp3) is 0.333. The SMILES string of the molecule is O=C(NCCNc1nonc1-c1noc(=O)n1-c1ccc(F)c(Br)c1)C(=O)N1CCOCC1. The number of ether oxygens (including phenoxy) is 1. The Morgan fingerprint density at radius 3 is 2.70 bits per heavy atom. The van der Waals surface area contributed by atoms with Crippen LogP contribution in [-0.4, -0.2) is 76.1 Å². The van der Waals surface area contributed by atoms with E-state index in [1.807, 2.05) is 0 Å². The highest BCUT2D eigenvalue weighted by molar-refractivity contribution is 9.10. The minimum atomic E-state index is -0.827. The van der Waals surface area contributed by atoms with Gasteiger partial charge >= 0.3 is 17.6 Å². The number of carbonyl (C=O) groups is 2. The quantitative estimate of drug-likeness (QED) is 0.335. The Hall–Kier alpha value is -3.59. The first kappa shape index (κ1) is 22.6. The molecule has 0 radical (unpaired) electrons. The second-order valence-corrected chi connectivity index (χ2v) is 7.61. The summed E-state index contributed by atoms with van der Waals surface area (Å²) in [6.07, 6.45) is 0. The largest absolute Gasteiger partial charge is 0.446 e. The van der Waals surface area contributed by atoms with Gasteiger partial charge in [-0.1, -0.05) is 5.16 Å². The average molecular weight is 526 g/mol. The number of rotatable bonds is 6. The minimum Gasteiger partial charge on any atom is -0.378 e. The second-order valence-electron chi connectivity index (χ2n) is 6.75. The molecule has 174 valence electrons. The van der Waals surface area contributed by atoms with E-state index >= 15 is 0 Å². The third kappa shape index (κ3) is 4.93. The molecule has 2 aromatic heterocycles. The van der Waals surface area contributed by atoms with Crippen LogP contribution in [0.5, 0.6) is 0 Å². The summed E-state index contributed by atoms with van der Waals surface area (Å²) in [4.78, 5) is 37.8. The monoisotopic (exact) mass is 525 g/mol. The van der Waals surface area contributed by atoms with Crippen molar-refractivity contribution in [1.82, 2.24) is 30.3 Å². The van der Waals surface area contributed by atoms with E-state index in [0.29, 0.717) is 26.3 Å². The molecule has 2 amide bonds. The highest BCUT2D eigenvalue weighted by atomic mass is 79.9. The zero-order chi connectivity index (χ0) is 23.4. The summed E-state index contributed by atoms with van der Waals surface area (Å²) in [5.74, 6) is -2.61. The van der Waals surface area contributed by atoms with Crippen molar-refractivity contribution >= 4 is 33.6 Å². The number of morpholine rings is 1. The summed E-state index contributed by atoms with van der Waals surface area (Å²) in [6, 6.07) is 3.91. The van der Waals surface area contributed by atoms with Gasteiger partial charge in [0.2, 0.25) is 11.6 Å². The van der Waals surface area contributed by atoms with Gasteiger partial charge in [-0.3, -0.25) is 14.1 Å². The van der Waals surface area contributed by atoms with E-state index < -0.39 is 23.4 Å². The van der Waals surface area contributed by atoms with E-state index in [1.165, 1.54) is 23.1 Å². The first-order valence-electron chi connectivity index (χ1n) is 9.71. The molecule has 33 heavy (non-hydrogen) atoms. The zero-order valence-electron chi connectivity index (χ0n) is 16.9. The molecule has 15 heteroatoms. The molecule has 3 aromatic rings. The lowest BCUT2D eigenvalue weighted by molar-refractivity contribution is -0.148. The smallest absolute Gasteiger partial charge is 0.378 e. The molecule has 0 saturated carbocycles. The Kier molecular flexibility index (Phi) is 6.79. The molecule has 1 aliphatic rings. The average Bonchev–Trinajstić information content (AvgIpc) is 3.44. The molecule has 1 aliphatic heterocycles. The number of anilines is 1. The van der Waals surface area contributed by atoms with Gasteiger partial charge in [0.15, 0.2) is 5.69 Å². The van der Waals surface area contributed by atoms with Crippen LogP contribution >= 0.6 is 15.9 Å². The molecule has 3 heterocycles. The number of nitrogens with one attached hydrogen (secondary N) is 2. The molecule has 0 unspecified atom stereocenters. The fourth-order valence-corrected chi connectivity index (χ4v) is 3.41. The summed E-state index contributed by atoms with van der Waals surface area (Å²) in [7, 11) is 0. The van der Waals surface area contributed by atoms with Crippen molar-refractivity contribution in [3.8, 4) is 17.2 Å². The van der Waals surface area contributed by atoms with E-state index in [2.05, 4.69) is 42.0 Å². The topological polar surface area (TPSA) is 158 Å². The minimum absolute atomic E-state index is 0.0335. The predicted molar refractivity (Wildman–Crippen MR) is 112 cm³/mol. The standard InChI is InChI=1S/C18H17BrFN7O6/c19-11-9-10(1-2-12(11)20)27-15(25-32-18(27)30)13-14(24-33-23-13)21-3-4-22-16(28)17(29)26-5-7-31-8-6-26/h1-2,9H,3-8H2,(H,21,24)(H,22,28). The molecule has 0 aliphatic carbocycles. The number of nitrogens with zero attached hydrogens (tertiary/aromatic N) is 5. The molecule has 1 saturated heterocycles. The summed E-state index contributed by atoms with van der Waals surface area (Å²) in [6.45, 7) is 1.77. The van der Waals surface area contributed by atoms with Crippen molar-refractivity contribution in [2.24, 2.45) is 0 Å². The predicted octanol–water partition coefficient (Wildman–Crippen LogP) is 0.164. The van der Waals surface area contributed by atoms with Crippen molar-refractivity contribution in [1.29, 1.82) is 0 Å². The number of benzene rings is 1. The van der Waals surface area contributed by atoms with Crippen LogP contribution in [0, 0.1) is 5.82 Å². The third-order valence-corrected chi connectivity index (χ3v) is 5.27. The number of hydrogen-bond donors (Lipinski definition) is 2. The van der Waals surface area contributed by atoms with Crippen LogP contribution in [0.1, 0.15) is 0 Å². The van der Waals surface area contributed by atoms with Crippen LogP contribution in [0.4, 0.5) is 10.2 Å². The summed E-state index contributed by atoms with van der Waals surface area (Å²) in [5.41, 5.74) is 0.324. The lowest BCUT2D eigenvalue weighted by Gasteiger charge is -2.26. The number of hydrogen-bond acceptors (Lipinski definition) is 10. The maximum atomic E-state index is 13.6. The van der Waals surface area contributed by atoms with Gasteiger partial charge in [-0.2, -0.15) is 0 Å². The van der Waals surface area contributed by atoms with Crippen molar-refractivity contribution in [2.45, 2.75) is 0 Å². The summed E-state index contributed by atoms with van der Waals surface area (Å²) < 4.78 is 29.4. The van der Waals surface area contributed by atoms with Crippen LogP contribution < -0.4 is 16.4 Å². The normalized spacial score (nSPS) is 13.7. The van der Waals surface area contributed by atoms with Gasteiger partial charge in [0, 0.05) is 26.2 Å². The number of halogens is 2. The first-order valence-corrected chi connectivity index (χ1v) is 10.5. The lowest BCUT2D eigenvalue weighted by atomic mass is 10.3.